The molecule has 2 rings (SSSR count). The van der Waals surface area contributed by atoms with Gasteiger partial charge in [-0.15, -0.1) is 0 Å². The van der Waals surface area contributed by atoms with Crippen LogP contribution in [0.3, 0.4) is 0 Å². The molecule has 21 heavy (non-hydrogen) atoms. The molecule has 10 heteroatoms. The van der Waals surface area contributed by atoms with Gasteiger partial charge in [0.05, 0.1) is 9.82 Å². The van der Waals surface area contributed by atoms with E-state index in [0.717, 1.165) is 12.3 Å². The summed E-state index contributed by atoms with van der Waals surface area (Å²) in [5.74, 6) is 0. The molecule has 0 unspecified atom stereocenters. The minimum atomic E-state index is -4.13. The Balaban J connectivity index is 2.77. The minimum Gasteiger partial charge on any atom is -0.258 e. The first kappa shape index (κ1) is 15.6. The lowest BCUT2D eigenvalue weighted by Crippen LogP contribution is -2.06. The van der Waals surface area contributed by atoms with Crippen LogP contribution >= 0.6 is 11.3 Å². The Morgan fingerprint density at radius 3 is 2.14 bits per heavy atom. The summed E-state index contributed by atoms with van der Waals surface area (Å²) in [6.07, 6.45) is 0.808. The van der Waals surface area contributed by atoms with Gasteiger partial charge in [0, 0.05) is 12.3 Å². The number of nitrogens with zero attached hydrogens (tertiary/aromatic N) is 1. The Kier molecular flexibility index (Phi) is 3.87. The van der Waals surface area contributed by atoms with E-state index in [9.17, 15) is 26.9 Å². The van der Waals surface area contributed by atoms with Crippen molar-refractivity contribution in [3.05, 3.63) is 46.5 Å². The van der Waals surface area contributed by atoms with Crippen molar-refractivity contribution in [1.82, 2.24) is 0 Å². The van der Waals surface area contributed by atoms with Crippen LogP contribution in [-0.2, 0) is 19.7 Å². The first-order valence-electron chi connectivity index (χ1n) is 5.42. The molecule has 0 bridgehead atoms. The fraction of sp³-hybridized carbons (Fsp3) is 0.0909. The molecule has 0 saturated heterocycles. The highest BCUT2D eigenvalue weighted by atomic mass is 32.2. The van der Waals surface area contributed by atoms with E-state index >= 15 is 0 Å². The maximum Gasteiger partial charge on any atom is 0.326 e. The molecule has 0 aliphatic carbocycles. The van der Waals surface area contributed by atoms with E-state index in [1.165, 1.54) is 24.3 Å². The zero-order valence-corrected chi connectivity index (χ0v) is 13.0. The van der Waals surface area contributed by atoms with Crippen molar-refractivity contribution >= 4 is 36.0 Å². The summed E-state index contributed by atoms with van der Waals surface area (Å²) in [6.45, 7) is 0. The van der Waals surface area contributed by atoms with E-state index in [4.69, 9.17) is 0 Å². The van der Waals surface area contributed by atoms with Gasteiger partial charge in [-0.1, -0.05) is 18.2 Å². The largest absolute Gasteiger partial charge is 0.326 e. The summed E-state index contributed by atoms with van der Waals surface area (Å²) < 4.78 is 47.8. The van der Waals surface area contributed by atoms with Crippen molar-refractivity contribution < 1.29 is 21.8 Å². The zero-order valence-electron chi connectivity index (χ0n) is 10.6. The van der Waals surface area contributed by atoms with Gasteiger partial charge in [0.1, 0.15) is 9.10 Å². The first-order chi connectivity index (χ1) is 9.64. The minimum absolute atomic E-state index is 0.119. The first-order valence-corrected chi connectivity index (χ1v) is 9.61. The van der Waals surface area contributed by atoms with E-state index in [-0.39, 0.29) is 4.90 Å². The molecule has 0 aliphatic heterocycles. The van der Waals surface area contributed by atoms with Gasteiger partial charge in [-0.05, 0) is 23.5 Å². The maximum atomic E-state index is 12.5. The lowest BCUT2D eigenvalue weighted by atomic mass is 10.4. The van der Waals surface area contributed by atoms with Crippen molar-refractivity contribution in [2.45, 2.75) is 14.0 Å². The molecule has 1 aromatic heterocycles. The van der Waals surface area contributed by atoms with Crippen LogP contribution in [0, 0.1) is 10.1 Å². The zero-order chi connectivity index (χ0) is 15.8. The number of rotatable bonds is 4. The Hall–Kier alpha value is -1.78. The summed E-state index contributed by atoms with van der Waals surface area (Å²) >= 11 is 0.330. The van der Waals surface area contributed by atoms with E-state index in [0.29, 0.717) is 11.3 Å². The highest BCUT2D eigenvalue weighted by Gasteiger charge is 2.32. The van der Waals surface area contributed by atoms with Crippen LogP contribution in [0.25, 0.3) is 0 Å². The lowest BCUT2D eigenvalue weighted by Gasteiger charge is -2.03. The summed E-state index contributed by atoms with van der Waals surface area (Å²) in [4.78, 5) is 9.30. The third-order valence-electron chi connectivity index (χ3n) is 2.53. The molecule has 0 fully saturated rings. The van der Waals surface area contributed by atoms with Gasteiger partial charge in [0.25, 0.3) is 0 Å². The molecule has 1 aromatic carbocycles. The smallest absolute Gasteiger partial charge is 0.258 e. The van der Waals surface area contributed by atoms with Crippen LogP contribution in [0.1, 0.15) is 0 Å². The third-order valence-corrected chi connectivity index (χ3v) is 7.30. The monoisotopic (exact) mass is 347 g/mol. The molecular formula is C11H9NO6S3. The predicted molar refractivity (Wildman–Crippen MR) is 76.0 cm³/mol. The summed E-state index contributed by atoms with van der Waals surface area (Å²) in [5.41, 5.74) is 0. The third kappa shape index (κ3) is 2.96. The number of benzene rings is 1. The van der Waals surface area contributed by atoms with Crippen LogP contribution in [0.5, 0.6) is 0 Å². The number of hydrogen-bond donors (Lipinski definition) is 0. The highest BCUT2D eigenvalue weighted by molar-refractivity contribution is 7.95. The molecule has 0 aliphatic rings. The van der Waals surface area contributed by atoms with Gasteiger partial charge in [-0.3, -0.25) is 10.1 Å². The average molecular weight is 347 g/mol. The second kappa shape index (κ2) is 5.20. The second-order valence-electron chi connectivity index (χ2n) is 4.08. The van der Waals surface area contributed by atoms with Gasteiger partial charge in [0.15, 0.2) is 9.84 Å². The second-order valence-corrected chi connectivity index (χ2v) is 9.24. The van der Waals surface area contributed by atoms with Crippen LogP contribution in [-0.4, -0.2) is 28.0 Å². The molecule has 0 radical (unpaired) electrons. The van der Waals surface area contributed by atoms with Crippen LogP contribution in [0.15, 0.2) is 50.4 Å². The van der Waals surface area contributed by atoms with Crippen LogP contribution in [0.2, 0.25) is 0 Å². The summed E-state index contributed by atoms with van der Waals surface area (Å²) in [6, 6.07) is 7.94. The van der Waals surface area contributed by atoms with Gasteiger partial charge >= 0.3 is 5.00 Å². The van der Waals surface area contributed by atoms with Crippen molar-refractivity contribution in [2.75, 3.05) is 6.26 Å². The average Bonchev–Trinajstić information content (AvgIpc) is 2.85. The fourth-order valence-electron chi connectivity index (χ4n) is 1.59. The Morgan fingerprint density at radius 2 is 1.67 bits per heavy atom. The Morgan fingerprint density at radius 1 is 1.10 bits per heavy atom. The van der Waals surface area contributed by atoms with E-state index < -0.39 is 38.7 Å². The molecule has 0 spiro atoms. The molecule has 0 amide bonds. The molecular weight excluding hydrogens is 338 g/mol. The molecule has 7 nitrogen and oxygen atoms in total. The van der Waals surface area contributed by atoms with Gasteiger partial charge < -0.3 is 0 Å². The number of sulfone groups is 2. The van der Waals surface area contributed by atoms with Crippen LogP contribution in [0.4, 0.5) is 5.00 Å². The molecule has 0 saturated carbocycles. The van der Waals surface area contributed by atoms with Gasteiger partial charge in [0.2, 0.25) is 9.84 Å². The predicted octanol–water partition coefficient (Wildman–Crippen LogP) is 1.89. The van der Waals surface area contributed by atoms with Crippen molar-refractivity contribution in [3.63, 3.8) is 0 Å². The topological polar surface area (TPSA) is 111 Å². The quantitative estimate of drug-likeness (QED) is 0.617. The molecule has 0 atom stereocenters. The van der Waals surface area contributed by atoms with Crippen LogP contribution < -0.4 is 0 Å². The highest BCUT2D eigenvalue weighted by Crippen LogP contribution is 2.38. The Labute approximate surface area is 124 Å². The number of thiophene rings is 1. The van der Waals surface area contributed by atoms with Gasteiger partial charge in [-0.25, -0.2) is 16.8 Å². The van der Waals surface area contributed by atoms with Gasteiger partial charge in [-0.2, -0.15) is 0 Å². The van der Waals surface area contributed by atoms with Crippen molar-refractivity contribution in [3.8, 4) is 0 Å². The summed E-state index contributed by atoms with van der Waals surface area (Å²) in [5, 5.41) is 10.2. The lowest BCUT2D eigenvalue weighted by molar-refractivity contribution is -0.380. The molecule has 1 heterocycles. The molecule has 2 aromatic rings. The molecule has 0 N–H and O–H groups in total. The summed E-state index contributed by atoms with van der Waals surface area (Å²) in [7, 11) is -8.04. The van der Waals surface area contributed by atoms with E-state index in [1.54, 1.807) is 6.07 Å². The standard InChI is InChI=1S/C11H9NO6S3/c1-20(15,16)9-7-10(12(13)14)19-11(9)21(17,18)8-5-3-2-4-6-8/h2-7H,1H3. The normalized spacial score (nSPS) is 12.2. The van der Waals surface area contributed by atoms with Crippen molar-refractivity contribution in [1.29, 1.82) is 0 Å². The SMILES string of the molecule is CS(=O)(=O)c1cc([N+](=O)[O-])sc1S(=O)(=O)c1ccccc1. The number of hydrogen-bond acceptors (Lipinski definition) is 7. The van der Waals surface area contributed by atoms with E-state index in [1.807, 2.05) is 0 Å². The van der Waals surface area contributed by atoms with Crippen molar-refractivity contribution in [2.24, 2.45) is 0 Å². The maximum absolute atomic E-state index is 12.5. The number of nitro groups is 1. The Bertz CT molecular complexity index is 897. The fourth-order valence-corrected chi connectivity index (χ4v) is 6.29. The van der Waals surface area contributed by atoms with E-state index in [2.05, 4.69) is 0 Å². The molecule has 112 valence electrons.